The molecule has 0 saturated carbocycles. The van der Waals surface area contributed by atoms with Crippen molar-refractivity contribution < 1.29 is 13.3 Å². The van der Waals surface area contributed by atoms with Gasteiger partial charge in [-0.3, -0.25) is 10.1 Å². The second kappa shape index (κ2) is 5.80. The maximum absolute atomic E-state index is 11.5. The largest absolute Gasteiger partial charge is 0.360 e. The lowest BCUT2D eigenvalue weighted by atomic mass is 10.2. The van der Waals surface area contributed by atoms with Gasteiger partial charge in [0, 0.05) is 12.6 Å². The molecule has 0 bridgehead atoms. The quantitative estimate of drug-likeness (QED) is 0.601. The van der Waals surface area contributed by atoms with Crippen LogP contribution < -0.4 is 10.6 Å². The van der Waals surface area contributed by atoms with Crippen LogP contribution in [0.1, 0.15) is 19.0 Å². The van der Waals surface area contributed by atoms with Gasteiger partial charge in [0.2, 0.25) is 11.8 Å². The van der Waals surface area contributed by atoms with Gasteiger partial charge in [-0.15, -0.1) is 0 Å². The molecule has 2 N–H and O–H groups in total. The maximum atomic E-state index is 11.5. The van der Waals surface area contributed by atoms with E-state index in [1.165, 1.54) is 6.92 Å². The minimum absolute atomic E-state index is 0.0380. The highest BCUT2D eigenvalue weighted by molar-refractivity contribution is 7.91. The third kappa shape index (κ3) is 3.57. The number of anilines is 2. The van der Waals surface area contributed by atoms with Crippen LogP contribution in [0.25, 0.3) is 0 Å². The lowest BCUT2D eigenvalue weighted by Crippen LogP contribution is -2.23. The van der Waals surface area contributed by atoms with Crippen LogP contribution in [-0.2, 0) is 9.84 Å². The molecule has 0 spiro atoms. The van der Waals surface area contributed by atoms with E-state index in [2.05, 4.69) is 20.6 Å². The molecule has 1 saturated heterocycles. The van der Waals surface area contributed by atoms with E-state index >= 15 is 0 Å². The summed E-state index contributed by atoms with van der Waals surface area (Å²) in [4.78, 5) is 18.7. The number of sulfone groups is 1. The Bertz CT molecular complexity index is 661. The first-order valence-corrected chi connectivity index (χ1v) is 8.38. The predicted molar refractivity (Wildman–Crippen MR) is 78.3 cm³/mol. The van der Waals surface area contributed by atoms with Crippen LogP contribution in [0.4, 0.5) is 17.5 Å². The van der Waals surface area contributed by atoms with Crippen molar-refractivity contribution in [1.29, 1.82) is 0 Å². The number of aryl methyl sites for hydroxylation is 1. The monoisotopic (exact) mass is 315 g/mol. The minimum atomic E-state index is -3.07. The van der Waals surface area contributed by atoms with Gasteiger partial charge in [-0.2, -0.15) is 4.98 Å². The summed E-state index contributed by atoms with van der Waals surface area (Å²) in [6.45, 7) is 3.96. The zero-order valence-electron chi connectivity index (χ0n) is 11.8. The molecule has 1 aliphatic heterocycles. The molecule has 9 nitrogen and oxygen atoms in total. The molecule has 1 aliphatic rings. The lowest BCUT2D eigenvalue weighted by molar-refractivity contribution is -0.385. The zero-order chi connectivity index (χ0) is 15.6. The van der Waals surface area contributed by atoms with E-state index in [1.54, 1.807) is 0 Å². The SMILES string of the molecule is CCNc1nc(C)c([N+](=O)[O-])c(NC2CCS(=O)(=O)C2)n1. The summed E-state index contributed by atoms with van der Waals surface area (Å²) < 4.78 is 22.9. The van der Waals surface area contributed by atoms with Crippen molar-refractivity contribution in [2.75, 3.05) is 28.7 Å². The first-order valence-electron chi connectivity index (χ1n) is 6.56. The van der Waals surface area contributed by atoms with E-state index in [9.17, 15) is 18.5 Å². The Kier molecular flexibility index (Phi) is 4.26. The van der Waals surface area contributed by atoms with Crippen molar-refractivity contribution in [3.05, 3.63) is 15.8 Å². The molecule has 1 atom stereocenters. The highest BCUT2D eigenvalue weighted by atomic mass is 32.2. The van der Waals surface area contributed by atoms with Gasteiger partial charge < -0.3 is 10.6 Å². The van der Waals surface area contributed by atoms with Crippen LogP contribution in [0.3, 0.4) is 0 Å². The van der Waals surface area contributed by atoms with Crippen LogP contribution in [0.5, 0.6) is 0 Å². The lowest BCUT2D eigenvalue weighted by Gasteiger charge is -2.13. The number of aromatic nitrogens is 2. The molecular weight excluding hydrogens is 298 g/mol. The Balaban J connectivity index is 2.33. The van der Waals surface area contributed by atoms with E-state index in [-0.39, 0.29) is 40.7 Å². The van der Waals surface area contributed by atoms with Gasteiger partial charge in [0.05, 0.1) is 16.4 Å². The van der Waals surface area contributed by atoms with E-state index in [0.717, 1.165) is 0 Å². The minimum Gasteiger partial charge on any atom is -0.360 e. The molecule has 1 fully saturated rings. The van der Waals surface area contributed by atoms with E-state index in [1.807, 2.05) is 6.92 Å². The second-order valence-corrected chi connectivity index (χ2v) is 7.09. The molecule has 2 heterocycles. The van der Waals surface area contributed by atoms with Gasteiger partial charge in [0.1, 0.15) is 5.69 Å². The van der Waals surface area contributed by atoms with Crippen molar-refractivity contribution in [2.24, 2.45) is 0 Å². The molecule has 2 rings (SSSR count). The molecule has 0 aromatic carbocycles. The average Bonchev–Trinajstić information content (AvgIpc) is 2.68. The molecule has 1 unspecified atom stereocenters. The van der Waals surface area contributed by atoms with Crippen molar-refractivity contribution >= 4 is 27.3 Å². The standard InChI is InChI=1S/C11H17N5O4S/c1-3-12-11-13-7(2)9(16(17)18)10(15-11)14-8-4-5-21(19,20)6-8/h8H,3-6H2,1-2H3,(H2,12,13,14,15). The van der Waals surface area contributed by atoms with Crippen molar-refractivity contribution in [3.8, 4) is 0 Å². The summed E-state index contributed by atoms with van der Waals surface area (Å²) in [6.07, 6.45) is 0.416. The molecule has 0 aliphatic carbocycles. The fourth-order valence-corrected chi connectivity index (χ4v) is 3.90. The van der Waals surface area contributed by atoms with Crippen LogP contribution in [0.2, 0.25) is 0 Å². The number of nitrogens with zero attached hydrogens (tertiary/aromatic N) is 3. The Hall–Kier alpha value is -1.97. The zero-order valence-corrected chi connectivity index (χ0v) is 12.6. The van der Waals surface area contributed by atoms with Gasteiger partial charge in [0.25, 0.3) is 0 Å². The van der Waals surface area contributed by atoms with Crippen LogP contribution in [0, 0.1) is 17.0 Å². The van der Waals surface area contributed by atoms with Gasteiger partial charge in [-0.05, 0) is 20.3 Å². The molecule has 0 radical (unpaired) electrons. The van der Waals surface area contributed by atoms with Crippen molar-refractivity contribution in [2.45, 2.75) is 26.3 Å². The molecular formula is C11H17N5O4S. The summed E-state index contributed by atoms with van der Waals surface area (Å²) in [5.41, 5.74) is 0.00950. The number of hydrogen-bond acceptors (Lipinski definition) is 8. The first kappa shape index (κ1) is 15.4. The number of nitro groups is 1. The molecule has 1 aromatic heterocycles. The number of hydrogen-bond donors (Lipinski definition) is 2. The summed E-state index contributed by atoms with van der Waals surface area (Å²) in [7, 11) is -3.07. The van der Waals surface area contributed by atoms with Crippen molar-refractivity contribution in [3.63, 3.8) is 0 Å². The van der Waals surface area contributed by atoms with Gasteiger partial charge in [0.15, 0.2) is 9.84 Å². The Morgan fingerprint density at radius 2 is 2.14 bits per heavy atom. The van der Waals surface area contributed by atoms with E-state index in [0.29, 0.717) is 13.0 Å². The van der Waals surface area contributed by atoms with E-state index in [4.69, 9.17) is 0 Å². The Labute approximate surface area is 122 Å². The van der Waals surface area contributed by atoms with E-state index < -0.39 is 14.8 Å². The molecule has 21 heavy (non-hydrogen) atoms. The third-order valence-electron chi connectivity index (χ3n) is 3.15. The topological polar surface area (TPSA) is 127 Å². The molecule has 116 valence electrons. The number of nitrogens with one attached hydrogen (secondary N) is 2. The molecule has 1 aromatic rings. The van der Waals surface area contributed by atoms with Gasteiger partial charge in [-0.1, -0.05) is 0 Å². The van der Waals surface area contributed by atoms with Crippen LogP contribution in [-0.4, -0.2) is 47.4 Å². The highest BCUT2D eigenvalue weighted by Gasteiger charge is 2.31. The molecule has 10 heteroatoms. The van der Waals surface area contributed by atoms with Crippen LogP contribution in [0.15, 0.2) is 0 Å². The Morgan fingerprint density at radius 3 is 2.67 bits per heavy atom. The average molecular weight is 315 g/mol. The summed E-state index contributed by atoms with van der Waals surface area (Å²) in [5.74, 6) is 0.390. The Morgan fingerprint density at radius 1 is 1.43 bits per heavy atom. The summed E-state index contributed by atoms with van der Waals surface area (Å²) >= 11 is 0. The van der Waals surface area contributed by atoms with Gasteiger partial charge >= 0.3 is 5.69 Å². The fraction of sp³-hybridized carbons (Fsp3) is 0.636. The normalized spacial score (nSPS) is 20.2. The number of rotatable bonds is 5. The predicted octanol–water partition coefficient (Wildman–Crippen LogP) is 0.724. The highest BCUT2D eigenvalue weighted by Crippen LogP contribution is 2.28. The fourth-order valence-electron chi connectivity index (χ4n) is 2.23. The van der Waals surface area contributed by atoms with Crippen molar-refractivity contribution in [1.82, 2.24) is 9.97 Å². The van der Waals surface area contributed by atoms with Crippen LogP contribution >= 0.6 is 0 Å². The molecule has 0 amide bonds. The maximum Gasteiger partial charge on any atom is 0.332 e. The summed E-state index contributed by atoms with van der Waals surface area (Å²) in [6, 6.07) is -0.363. The third-order valence-corrected chi connectivity index (χ3v) is 4.92. The first-order chi connectivity index (χ1) is 9.82. The smallest absolute Gasteiger partial charge is 0.332 e. The second-order valence-electron chi connectivity index (χ2n) is 4.86. The van der Waals surface area contributed by atoms with Gasteiger partial charge in [-0.25, -0.2) is 13.4 Å². The summed E-state index contributed by atoms with van der Waals surface area (Å²) in [5, 5.41) is 16.9.